The molecule has 0 atom stereocenters. The number of thiophene rings is 1. The highest BCUT2D eigenvalue weighted by atomic mass is 32.1. The van der Waals surface area contributed by atoms with Gasteiger partial charge >= 0.3 is 0 Å². The Morgan fingerprint density at radius 3 is 2.73 bits per heavy atom. The average Bonchev–Trinajstić information content (AvgIpc) is 3.42. The molecule has 1 aliphatic heterocycles. The number of likely N-dealkylation sites (tertiary alicyclic amines) is 1. The minimum absolute atomic E-state index is 0.0101. The lowest BCUT2D eigenvalue weighted by Crippen LogP contribution is -2.38. The molecule has 3 aromatic rings. The van der Waals surface area contributed by atoms with Crippen LogP contribution in [0, 0.1) is 0 Å². The van der Waals surface area contributed by atoms with Gasteiger partial charge < -0.3 is 9.42 Å². The summed E-state index contributed by atoms with van der Waals surface area (Å²) < 4.78 is 5.42. The molecule has 1 amide bonds. The summed E-state index contributed by atoms with van der Waals surface area (Å²) >= 11 is 3.16. The number of piperidine rings is 1. The Balaban J connectivity index is 1.39. The number of rotatable bonds is 4. The molecule has 0 radical (unpaired) electrons. The maximum atomic E-state index is 12.7. The Bertz CT molecular complexity index is 877. The highest BCUT2D eigenvalue weighted by molar-refractivity contribution is 7.20. The first kappa shape index (κ1) is 17.4. The topological polar surface area (TPSA) is 72.1 Å². The van der Waals surface area contributed by atoms with Crippen molar-refractivity contribution in [3.8, 4) is 9.88 Å². The number of hydrogen-bond donors (Lipinski definition) is 0. The van der Waals surface area contributed by atoms with E-state index >= 15 is 0 Å². The van der Waals surface area contributed by atoms with Crippen molar-refractivity contribution in [2.24, 2.45) is 0 Å². The molecular weight excluding hydrogens is 368 g/mol. The van der Waals surface area contributed by atoms with Gasteiger partial charge in [-0.05, 0) is 24.3 Å². The molecule has 0 aromatic carbocycles. The standard InChI is InChI=1S/C18H20N4O2S2/c1-11(2)15-20-16(24-21-15)12-5-7-22(8-6-12)18(23)13-10-26-17(19-13)14-4-3-9-25-14/h3-4,9-12H,5-8H2,1-2H3. The first-order chi connectivity index (χ1) is 12.6. The van der Waals surface area contributed by atoms with Crippen LogP contribution in [-0.2, 0) is 0 Å². The Labute approximate surface area is 159 Å². The third-order valence-corrected chi connectivity index (χ3v) is 6.44. The van der Waals surface area contributed by atoms with E-state index in [1.165, 1.54) is 11.3 Å². The fourth-order valence-corrected chi connectivity index (χ4v) is 4.63. The van der Waals surface area contributed by atoms with Gasteiger partial charge in [0.05, 0.1) is 4.88 Å². The van der Waals surface area contributed by atoms with E-state index < -0.39 is 0 Å². The average molecular weight is 389 g/mol. The predicted molar refractivity (Wildman–Crippen MR) is 102 cm³/mol. The highest BCUT2D eigenvalue weighted by Crippen LogP contribution is 2.30. The molecule has 0 unspecified atom stereocenters. The second-order valence-corrected chi connectivity index (χ2v) is 8.53. The number of amides is 1. The molecule has 0 aliphatic carbocycles. The molecule has 1 saturated heterocycles. The van der Waals surface area contributed by atoms with E-state index in [9.17, 15) is 4.79 Å². The van der Waals surface area contributed by atoms with Gasteiger partial charge in [0.2, 0.25) is 5.89 Å². The molecule has 4 heterocycles. The van der Waals surface area contributed by atoms with Gasteiger partial charge in [0.1, 0.15) is 10.7 Å². The third-order valence-electron chi connectivity index (χ3n) is 4.56. The van der Waals surface area contributed by atoms with Crippen molar-refractivity contribution in [2.75, 3.05) is 13.1 Å². The van der Waals surface area contributed by atoms with Crippen LogP contribution in [0.25, 0.3) is 9.88 Å². The molecule has 0 saturated carbocycles. The lowest BCUT2D eigenvalue weighted by molar-refractivity contribution is 0.0699. The van der Waals surface area contributed by atoms with Crippen LogP contribution in [0.5, 0.6) is 0 Å². The molecule has 136 valence electrons. The van der Waals surface area contributed by atoms with Crippen LogP contribution in [0.3, 0.4) is 0 Å². The minimum Gasteiger partial charge on any atom is -0.339 e. The first-order valence-corrected chi connectivity index (χ1v) is 10.5. The number of carbonyl (C=O) groups excluding carboxylic acids is 1. The van der Waals surface area contributed by atoms with Gasteiger partial charge in [0.25, 0.3) is 5.91 Å². The summed E-state index contributed by atoms with van der Waals surface area (Å²) in [4.78, 5) is 24.7. The van der Waals surface area contributed by atoms with E-state index in [0.29, 0.717) is 24.7 Å². The van der Waals surface area contributed by atoms with Crippen LogP contribution >= 0.6 is 22.7 Å². The van der Waals surface area contributed by atoms with Crippen molar-refractivity contribution in [1.82, 2.24) is 20.0 Å². The predicted octanol–water partition coefficient (Wildman–Crippen LogP) is 4.40. The Morgan fingerprint density at radius 1 is 1.27 bits per heavy atom. The second kappa shape index (κ2) is 7.28. The zero-order chi connectivity index (χ0) is 18.1. The number of carbonyl (C=O) groups is 1. The Kier molecular flexibility index (Phi) is 4.86. The van der Waals surface area contributed by atoms with Crippen molar-refractivity contribution >= 4 is 28.6 Å². The Hall–Kier alpha value is -2.06. The van der Waals surface area contributed by atoms with Crippen molar-refractivity contribution in [2.45, 2.75) is 38.5 Å². The molecule has 0 bridgehead atoms. The summed E-state index contributed by atoms with van der Waals surface area (Å²) in [5, 5.41) is 8.83. The fourth-order valence-electron chi connectivity index (χ4n) is 3.02. The molecule has 1 fully saturated rings. The molecule has 8 heteroatoms. The number of thiazole rings is 1. The molecular formula is C18H20N4O2S2. The van der Waals surface area contributed by atoms with Crippen molar-refractivity contribution in [3.63, 3.8) is 0 Å². The van der Waals surface area contributed by atoms with Gasteiger partial charge in [-0.1, -0.05) is 25.1 Å². The monoisotopic (exact) mass is 388 g/mol. The van der Waals surface area contributed by atoms with Gasteiger partial charge in [0, 0.05) is 30.3 Å². The van der Waals surface area contributed by atoms with Crippen molar-refractivity contribution < 1.29 is 9.32 Å². The summed E-state index contributed by atoms with van der Waals surface area (Å²) in [7, 11) is 0. The largest absolute Gasteiger partial charge is 0.339 e. The van der Waals surface area contributed by atoms with E-state index in [0.717, 1.165) is 28.6 Å². The van der Waals surface area contributed by atoms with Crippen LogP contribution in [0.2, 0.25) is 0 Å². The lowest BCUT2D eigenvalue weighted by atomic mass is 9.96. The summed E-state index contributed by atoms with van der Waals surface area (Å²) in [6.07, 6.45) is 1.68. The SMILES string of the molecule is CC(C)c1noc(C2CCN(C(=O)c3csc(-c4cccs4)n3)CC2)n1. The van der Waals surface area contributed by atoms with Gasteiger partial charge in [-0.2, -0.15) is 4.98 Å². The quantitative estimate of drug-likeness (QED) is 0.662. The maximum absolute atomic E-state index is 12.7. The number of hydrogen-bond acceptors (Lipinski definition) is 7. The molecule has 6 nitrogen and oxygen atoms in total. The van der Waals surface area contributed by atoms with Gasteiger partial charge in [-0.15, -0.1) is 22.7 Å². The smallest absolute Gasteiger partial charge is 0.273 e. The first-order valence-electron chi connectivity index (χ1n) is 8.74. The van der Waals surface area contributed by atoms with Crippen LogP contribution in [0.1, 0.15) is 60.7 Å². The van der Waals surface area contributed by atoms with Crippen molar-refractivity contribution in [1.29, 1.82) is 0 Å². The normalized spacial score (nSPS) is 15.7. The highest BCUT2D eigenvalue weighted by Gasteiger charge is 2.29. The van der Waals surface area contributed by atoms with Gasteiger partial charge in [-0.25, -0.2) is 4.98 Å². The molecule has 1 aliphatic rings. The molecule has 3 aromatic heterocycles. The summed E-state index contributed by atoms with van der Waals surface area (Å²) in [6.45, 7) is 5.48. The minimum atomic E-state index is 0.0101. The van der Waals surface area contributed by atoms with Crippen LogP contribution in [0.4, 0.5) is 0 Å². The Morgan fingerprint density at radius 2 is 2.08 bits per heavy atom. The summed E-state index contributed by atoms with van der Waals surface area (Å²) in [5.41, 5.74) is 0.539. The van der Waals surface area contributed by atoms with E-state index in [1.54, 1.807) is 11.3 Å². The van der Waals surface area contributed by atoms with E-state index in [2.05, 4.69) is 15.1 Å². The lowest BCUT2D eigenvalue weighted by Gasteiger charge is -2.29. The zero-order valence-corrected chi connectivity index (χ0v) is 16.3. The molecule has 0 spiro atoms. The van der Waals surface area contributed by atoms with Crippen LogP contribution in [-0.4, -0.2) is 39.0 Å². The molecule has 26 heavy (non-hydrogen) atoms. The zero-order valence-electron chi connectivity index (χ0n) is 14.7. The third kappa shape index (κ3) is 3.43. The van der Waals surface area contributed by atoms with E-state index in [4.69, 9.17) is 4.52 Å². The summed E-state index contributed by atoms with van der Waals surface area (Å²) in [6, 6.07) is 4.02. The fraction of sp³-hybridized carbons (Fsp3) is 0.444. The van der Waals surface area contributed by atoms with Crippen molar-refractivity contribution in [3.05, 3.63) is 40.3 Å². The van der Waals surface area contributed by atoms with Crippen LogP contribution < -0.4 is 0 Å². The van der Waals surface area contributed by atoms with Gasteiger partial charge in [-0.3, -0.25) is 4.79 Å². The van der Waals surface area contributed by atoms with E-state index in [1.807, 2.05) is 41.6 Å². The maximum Gasteiger partial charge on any atom is 0.273 e. The molecule has 4 rings (SSSR count). The summed E-state index contributed by atoms with van der Waals surface area (Å²) in [5.74, 6) is 1.96. The molecule has 0 N–H and O–H groups in total. The van der Waals surface area contributed by atoms with Crippen LogP contribution in [0.15, 0.2) is 27.4 Å². The number of nitrogens with zero attached hydrogens (tertiary/aromatic N) is 4. The van der Waals surface area contributed by atoms with Gasteiger partial charge in [0.15, 0.2) is 5.82 Å². The number of aromatic nitrogens is 3. The second-order valence-electron chi connectivity index (χ2n) is 6.73. The van der Waals surface area contributed by atoms with E-state index in [-0.39, 0.29) is 17.7 Å².